The van der Waals surface area contributed by atoms with Gasteiger partial charge in [-0.25, -0.2) is 0 Å². The van der Waals surface area contributed by atoms with Crippen molar-refractivity contribution < 1.29 is 9.84 Å². The molecule has 1 aliphatic carbocycles. The van der Waals surface area contributed by atoms with Crippen molar-refractivity contribution in [2.75, 3.05) is 13.2 Å². The van der Waals surface area contributed by atoms with E-state index in [4.69, 9.17) is 4.74 Å². The predicted octanol–water partition coefficient (Wildman–Crippen LogP) is 1.49. The lowest BCUT2D eigenvalue weighted by molar-refractivity contribution is 0.143. The Morgan fingerprint density at radius 1 is 1.42 bits per heavy atom. The average molecular weight is 168 g/mol. The van der Waals surface area contributed by atoms with Crippen LogP contribution >= 0.6 is 0 Å². The maximum atomic E-state index is 9.66. The van der Waals surface area contributed by atoms with Crippen LogP contribution in [0.1, 0.15) is 26.2 Å². The molecule has 1 heterocycles. The summed E-state index contributed by atoms with van der Waals surface area (Å²) in [4.78, 5) is 0. The van der Waals surface area contributed by atoms with Crippen molar-refractivity contribution in [1.82, 2.24) is 0 Å². The van der Waals surface area contributed by atoms with Crippen LogP contribution in [0, 0.1) is 5.92 Å². The molecule has 2 heteroatoms. The van der Waals surface area contributed by atoms with Gasteiger partial charge in [-0.3, -0.25) is 0 Å². The molecule has 0 unspecified atom stereocenters. The molecule has 0 aromatic rings. The van der Waals surface area contributed by atoms with Gasteiger partial charge in [-0.1, -0.05) is 13.3 Å². The van der Waals surface area contributed by atoms with Crippen molar-refractivity contribution in [2.24, 2.45) is 5.92 Å². The Morgan fingerprint density at radius 2 is 2.17 bits per heavy atom. The first-order valence-corrected chi connectivity index (χ1v) is 4.80. The molecule has 2 rings (SSSR count). The lowest BCUT2D eigenvalue weighted by Crippen LogP contribution is -2.11. The van der Waals surface area contributed by atoms with E-state index in [1.54, 1.807) is 0 Å². The van der Waals surface area contributed by atoms with Gasteiger partial charge in [-0.15, -0.1) is 0 Å². The first-order chi connectivity index (χ1) is 5.83. The van der Waals surface area contributed by atoms with E-state index in [0.717, 1.165) is 13.0 Å². The predicted molar refractivity (Wildman–Crippen MR) is 46.9 cm³/mol. The lowest BCUT2D eigenvalue weighted by atomic mass is 9.96. The van der Waals surface area contributed by atoms with Gasteiger partial charge in [0, 0.05) is 0 Å². The van der Waals surface area contributed by atoms with Crippen LogP contribution in [-0.2, 0) is 4.74 Å². The molecule has 0 bridgehead atoms. The van der Waals surface area contributed by atoms with E-state index >= 15 is 0 Å². The summed E-state index contributed by atoms with van der Waals surface area (Å²) >= 11 is 0. The standard InChI is InChI=1S/C10H16O2/c1-2-3-7-4-10(11)9-6-12-5-8(7)9/h7,10-11H,2-6H2,1H3/t7-,10-/m1/s1. The van der Waals surface area contributed by atoms with Crippen molar-refractivity contribution >= 4 is 0 Å². The van der Waals surface area contributed by atoms with Crippen LogP contribution in [0.15, 0.2) is 11.1 Å². The number of rotatable bonds is 2. The normalized spacial score (nSPS) is 34.5. The molecule has 0 saturated carbocycles. The maximum Gasteiger partial charge on any atom is 0.0781 e. The molecule has 0 amide bonds. The zero-order valence-electron chi connectivity index (χ0n) is 7.55. The molecule has 68 valence electrons. The van der Waals surface area contributed by atoms with E-state index in [2.05, 4.69) is 6.92 Å². The Morgan fingerprint density at radius 3 is 2.92 bits per heavy atom. The van der Waals surface area contributed by atoms with E-state index in [0.29, 0.717) is 12.5 Å². The number of aliphatic hydroxyl groups is 1. The average Bonchev–Trinajstić information content (AvgIpc) is 2.58. The summed E-state index contributed by atoms with van der Waals surface area (Å²) in [5, 5.41) is 9.66. The highest BCUT2D eigenvalue weighted by atomic mass is 16.5. The summed E-state index contributed by atoms with van der Waals surface area (Å²) in [6.45, 7) is 3.65. The fourth-order valence-electron chi connectivity index (χ4n) is 2.34. The molecule has 2 nitrogen and oxygen atoms in total. The second-order valence-corrected chi connectivity index (χ2v) is 3.78. The number of hydrogen-bond acceptors (Lipinski definition) is 2. The third kappa shape index (κ3) is 1.19. The topological polar surface area (TPSA) is 29.5 Å². The molecule has 0 saturated heterocycles. The highest BCUT2D eigenvalue weighted by Gasteiger charge is 2.34. The molecule has 0 aromatic heterocycles. The minimum Gasteiger partial charge on any atom is -0.389 e. The first kappa shape index (κ1) is 8.27. The molecule has 2 atom stereocenters. The van der Waals surface area contributed by atoms with Crippen LogP contribution in [0.5, 0.6) is 0 Å². The van der Waals surface area contributed by atoms with E-state index < -0.39 is 0 Å². The third-order valence-corrected chi connectivity index (χ3v) is 2.97. The zero-order valence-corrected chi connectivity index (χ0v) is 7.55. The molecule has 1 N–H and O–H groups in total. The summed E-state index contributed by atoms with van der Waals surface area (Å²) in [5.74, 6) is 0.613. The SMILES string of the molecule is CCC[C@@H]1C[C@@H](O)C2=C1COC2. The fraction of sp³-hybridized carbons (Fsp3) is 0.800. The summed E-state index contributed by atoms with van der Waals surface area (Å²) in [6, 6.07) is 0. The summed E-state index contributed by atoms with van der Waals surface area (Å²) < 4.78 is 5.32. The minimum atomic E-state index is -0.195. The van der Waals surface area contributed by atoms with E-state index in [9.17, 15) is 5.11 Å². The van der Waals surface area contributed by atoms with E-state index in [1.165, 1.54) is 24.0 Å². The Labute approximate surface area is 73.2 Å². The molecule has 0 fully saturated rings. The molecular formula is C10H16O2. The van der Waals surface area contributed by atoms with Gasteiger partial charge in [0.25, 0.3) is 0 Å². The monoisotopic (exact) mass is 168 g/mol. The van der Waals surface area contributed by atoms with Crippen LogP contribution in [0.4, 0.5) is 0 Å². The summed E-state index contributed by atoms with van der Waals surface area (Å²) in [5.41, 5.74) is 2.60. The highest BCUT2D eigenvalue weighted by Crippen LogP contribution is 2.38. The smallest absolute Gasteiger partial charge is 0.0781 e. The molecular weight excluding hydrogens is 152 g/mol. The lowest BCUT2D eigenvalue weighted by Gasteiger charge is -2.12. The third-order valence-electron chi connectivity index (χ3n) is 2.97. The van der Waals surface area contributed by atoms with Gasteiger partial charge in [0.05, 0.1) is 19.3 Å². The first-order valence-electron chi connectivity index (χ1n) is 4.80. The van der Waals surface area contributed by atoms with Crippen LogP contribution in [-0.4, -0.2) is 24.4 Å². The zero-order chi connectivity index (χ0) is 8.55. The van der Waals surface area contributed by atoms with Gasteiger partial charge in [-0.05, 0) is 29.9 Å². The largest absolute Gasteiger partial charge is 0.389 e. The van der Waals surface area contributed by atoms with Crippen molar-refractivity contribution in [1.29, 1.82) is 0 Å². The van der Waals surface area contributed by atoms with Gasteiger partial charge < -0.3 is 9.84 Å². The number of aliphatic hydroxyl groups excluding tert-OH is 1. The Hall–Kier alpha value is -0.340. The van der Waals surface area contributed by atoms with Crippen LogP contribution in [0.25, 0.3) is 0 Å². The van der Waals surface area contributed by atoms with Gasteiger partial charge in [-0.2, -0.15) is 0 Å². The molecule has 1 aliphatic heterocycles. The van der Waals surface area contributed by atoms with E-state index in [1.807, 2.05) is 0 Å². The van der Waals surface area contributed by atoms with Crippen molar-refractivity contribution in [2.45, 2.75) is 32.3 Å². The molecule has 0 aromatic carbocycles. The van der Waals surface area contributed by atoms with Gasteiger partial charge in [0.1, 0.15) is 0 Å². The van der Waals surface area contributed by atoms with Gasteiger partial charge in [0.15, 0.2) is 0 Å². The molecule has 2 aliphatic rings. The molecule has 12 heavy (non-hydrogen) atoms. The Bertz CT molecular complexity index is 208. The quantitative estimate of drug-likeness (QED) is 0.633. The van der Waals surface area contributed by atoms with Crippen LogP contribution in [0.2, 0.25) is 0 Å². The van der Waals surface area contributed by atoms with Crippen molar-refractivity contribution in [3.63, 3.8) is 0 Å². The molecule has 0 spiro atoms. The van der Waals surface area contributed by atoms with Crippen LogP contribution in [0.3, 0.4) is 0 Å². The van der Waals surface area contributed by atoms with Crippen LogP contribution < -0.4 is 0 Å². The highest BCUT2D eigenvalue weighted by molar-refractivity contribution is 5.30. The number of hydrogen-bond donors (Lipinski definition) is 1. The Balaban J connectivity index is 2.10. The van der Waals surface area contributed by atoms with Gasteiger partial charge >= 0.3 is 0 Å². The maximum absolute atomic E-state index is 9.66. The second-order valence-electron chi connectivity index (χ2n) is 3.78. The fourth-order valence-corrected chi connectivity index (χ4v) is 2.34. The number of ether oxygens (including phenoxy) is 1. The summed E-state index contributed by atoms with van der Waals surface area (Å²) in [6.07, 6.45) is 3.16. The van der Waals surface area contributed by atoms with Crippen molar-refractivity contribution in [3.8, 4) is 0 Å². The Kier molecular flexibility index (Phi) is 2.20. The second kappa shape index (κ2) is 3.19. The molecule has 0 radical (unpaired) electrons. The minimum absolute atomic E-state index is 0.195. The van der Waals surface area contributed by atoms with E-state index in [-0.39, 0.29) is 6.10 Å². The van der Waals surface area contributed by atoms with Crippen molar-refractivity contribution in [3.05, 3.63) is 11.1 Å². The summed E-state index contributed by atoms with van der Waals surface area (Å²) in [7, 11) is 0. The van der Waals surface area contributed by atoms with Gasteiger partial charge in [0.2, 0.25) is 0 Å².